The molecule has 0 aliphatic carbocycles. The zero-order valence-corrected chi connectivity index (χ0v) is 19.6. The summed E-state index contributed by atoms with van der Waals surface area (Å²) in [6.45, 7) is 7.70. The van der Waals surface area contributed by atoms with Crippen LogP contribution in [0.5, 0.6) is 0 Å². The second kappa shape index (κ2) is 8.83. The van der Waals surface area contributed by atoms with Gasteiger partial charge in [0.15, 0.2) is 0 Å². The fourth-order valence-electron chi connectivity index (χ4n) is 4.34. The van der Waals surface area contributed by atoms with Crippen molar-refractivity contribution < 1.29 is 0 Å². The highest BCUT2D eigenvalue weighted by Crippen LogP contribution is 2.32. The van der Waals surface area contributed by atoms with Crippen LogP contribution in [0, 0.1) is 5.41 Å². The second-order valence-electron chi connectivity index (χ2n) is 9.72. The van der Waals surface area contributed by atoms with Gasteiger partial charge in [0.1, 0.15) is 12.1 Å². The van der Waals surface area contributed by atoms with Crippen LogP contribution in [0.2, 0.25) is 0 Å². The van der Waals surface area contributed by atoms with Crippen LogP contribution in [0.15, 0.2) is 72.2 Å². The second-order valence-corrected chi connectivity index (χ2v) is 9.72. The van der Waals surface area contributed by atoms with E-state index in [1.807, 2.05) is 24.3 Å². The van der Waals surface area contributed by atoms with Crippen LogP contribution in [-0.4, -0.2) is 32.5 Å². The number of benzene rings is 1. The monoisotopic (exact) mass is 452 g/mol. The van der Waals surface area contributed by atoms with Gasteiger partial charge in [0.2, 0.25) is 0 Å². The van der Waals surface area contributed by atoms with Gasteiger partial charge in [-0.1, -0.05) is 39.0 Å². The number of hydrogen-bond acceptors (Lipinski definition) is 6. The molecule has 1 aromatic carbocycles. The molecule has 5 rings (SSSR count). The summed E-state index contributed by atoms with van der Waals surface area (Å²) in [7, 11) is 0. The minimum Gasteiger partial charge on any atom is -0.340 e. The number of fused-ring (bicyclic) bond motifs is 1. The summed E-state index contributed by atoms with van der Waals surface area (Å²) in [5, 5.41) is 8.27. The number of aromatic nitrogens is 4. The number of anilines is 2. The number of aromatic amines is 1. The Kier molecular flexibility index (Phi) is 5.71. The molecule has 4 heterocycles. The molecular formula is C27H28N6O. The molecule has 7 heteroatoms. The van der Waals surface area contributed by atoms with Gasteiger partial charge in [0, 0.05) is 42.4 Å². The molecule has 1 aliphatic rings. The van der Waals surface area contributed by atoms with Crippen molar-refractivity contribution in [2.24, 2.45) is 5.41 Å². The fraction of sp³-hybridized carbons (Fsp3) is 0.259. The van der Waals surface area contributed by atoms with Gasteiger partial charge < -0.3 is 15.6 Å². The SMILES string of the molecule is CC(C)(C)C1CC(c2ccc(Nc3nc(-c4cncnc4)cc4cc[nH]c(=O)c34)cc2)=CCN1. The number of rotatable bonds is 4. The summed E-state index contributed by atoms with van der Waals surface area (Å²) in [4.78, 5) is 28.3. The zero-order chi connectivity index (χ0) is 23.7. The van der Waals surface area contributed by atoms with Gasteiger partial charge in [-0.05, 0) is 52.6 Å². The summed E-state index contributed by atoms with van der Waals surface area (Å²) >= 11 is 0. The molecule has 3 aromatic heterocycles. The summed E-state index contributed by atoms with van der Waals surface area (Å²) < 4.78 is 0. The van der Waals surface area contributed by atoms with Gasteiger partial charge in [-0.25, -0.2) is 15.0 Å². The summed E-state index contributed by atoms with van der Waals surface area (Å²) in [6, 6.07) is 12.5. The summed E-state index contributed by atoms with van der Waals surface area (Å²) in [5.74, 6) is 0.500. The highest BCUT2D eigenvalue weighted by molar-refractivity contribution is 5.95. The molecule has 1 atom stereocenters. The van der Waals surface area contributed by atoms with E-state index in [4.69, 9.17) is 4.98 Å². The predicted octanol–water partition coefficient (Wildman–Crippen LogP) is 4.92. The van der Waals surface area contributed by atoms with Gasteiger partial charge in [0.05, 0.1) is 11.1 Å². The highest BCUT2D eigenvalue weighted by Gasteiger charge is 2.27. The molecule has 34 heavy (non-hydrogen) atoms. The van der Waals surface area contributed by atoms with Crippen molar-refractivity contribution in [2.75, 3.05) is 11.9 Å². The molecular weight excluding hydrogens is 424 g/mol. The van der Waals surface area contributed by atoms with Gasteiger partial charge in [-0.2, -0.15) is 0 Å². The van der Waals surface area contributed by atoms with E-state index in [2.05, 4.69) is 64.6 Å². The van der Waals surface area contributed by atoms with E-state index in [0.29, 0.717) is 22.9 Å². The first-order valence-electron chi connectivity index (χ1n) is 11.5. The van der Waals surface area contributed by atoms with Crippen molar-refractivity contribution in [3.63, 3.8) is 0 Å². The average Bonchev–Trinajstić information content (AvgIpc) is 2.84. The van der Waals surface area contributed by atoms with Crippen molar-refractivity contribution in [3.05, 3.63) is 83.3 Å². The standard InChI is InChI=1S/C27H28N6O/c1-27(2,3)23-13-18(8-10-30-23)17-4-6-21(7-5-17)32-25-24-19(9-11-31-26(24)34)12-22(33-25)20-14-28-16-29-15-20/h4-9,11-12,14-16,23,30H,10,13H2,1-3H3,(H,31,34)(H,32,33). The topological polar surface area (TPSA) is 95.6 Å². The highest BCUT2D eigenvalue weighted by atomic mass is 16.1. The molecule has 1 aliphatic heterocycles. The predicted molar refractivity (Wildman–Crippen MR) is 137 cm³/mol. The van der Waals surface area contributed by atoms with Crippen molar-refractivity contribution >= 4 is 27.9 Å². The molecule has 4 aromatic rings. The number of hydrogen-bond donors (Lipinski definition) is 3. The maximum Gasteiger partial charge on any atom is 0.259 e. The molecule has 0 fully saturated rings. The van der Waals surface area contributed by atoms with Crippen LogP contribution < -0.4 is 16.2 Å². The first-order valence-corrected chi connectivity index (χ1v) is 11.5. The van der Waals surface area contributed by atoms with Crippen LogP contribution >= 0.6 is 0 Å². The van der Waals surface area contributed by atoms with E-state index in [0.717, 1.165) is 29.6 Å². The maximum absolute atomic E-state index is 12.6. The molecule has 172 valence electrons. The molecule has 0 saturated carbocycles. The molecule has 0 spiro atoms. The first-order chi connectivity index (χ1) is 16.4. The van der Waals surface area contributed by atoms with E-state index in [1.54, 1.807) is 18.6 Å². The van der Waals surface area contributed by atoms with Gasteiger partial charge in [0.25, 0.3) is 5.56 Å². The lowest BCUT2D eigenvalue weighted by molar-refractivity contribution is 0.274. The Morgan fingerprint density at radius 1 is 1.03 bits per heavy atom. The Balaban J connectivity index is 1.47. The zero-order valence-electron chi connectivity index (χ0n) is 19.6. The van der Waals surface area contributed by atoms with Crippen LogP contribution in [0.4, 0.5) is 11.5 Å². The van der Waals surface area contributed by atoms with E-state index in [1.165, 1.54) is 17.5 Å². The Bertz CT molecular complexity index is 1400. The third-order valence-corrected chi connectivity index (χ3v) is 6.31. The fourth-order valence-corrected chi connectivity index (χ4v) is 4.34. The van der Waals surface area contributed by atoms with E-state index in [9.17, 15) is 4.79 Å². The number of nitrogens with zero attached hydrogens (tertiary/aromatic N) is 3. The normalized spacial score (nSPS) is 16.3. The minimum atomic E-state index is -0.187. The largest absolute Gasteiger partial charge is 0.340 e. The lowest BCUT2D eigenvalue weighted by Crippen LogP contribution is -2.42. The maximum atomic E-state index is 12.6. The number of H-pyrrole nitrogens is 1. The quantitative estimate of drug-likeness (QED) is 0.407. The van der Waals surface area contributed by atoms with Crippen molar-refractivity contribution in [2.45, 2.75) is 33.2 Å². The molecule has 7 nitrogen and oxygen atoms in total. The van der Waals surface area contributed by atoms with E-state index < -0.39 is 0 Å². The minimum absolute atomic E-state index is 0.187. The summed E-state index contributed by atoms with van der Waals surface area (Å²) in [6.07, 6.45) is 9.82. The molecule has 0 amide bonds. The molecule has 0 radical (unpaired) electrons. The Morgan fingerprint density at radius 3 is 2.53 bits per heavy atom. The van der Waals surface area contributed by atoms with Crippen LogP contribution in [-0.2, 0) is 0 Å². The van der Waals surface area contributed by atoms with Gasteiger partial charge >= 0.3 is 0 Å². The summed E-state index contributed by atoms with van der Waals surface area (Å²) in [5.41, 5.74) is 4.94. The average molecular weight is 453 g/mol. The molecule has 3 N–H and O–H groups in total. The van der Waals surface area contributed by atoms with Crippen molar-refractivity contribution in [1.29, 1.82) is 0 Å². The third-order valence-electron chi connectivity index (χ3n) is 6.31. The third kappa shape index (κ3) is 4.47. The molecule has 0 saturated heterocycles. The van der Waals surface area contributed by atoms with Gasteiger partial charge in [-0.3, -0.25) is 4.79 Å². The van der Waals surface area contributed by atoms with Crippen molar-refractivity contribution in [3.8, 4) is 11.3 Å². The Hall–Kier alpha value is -3.84. The van der Waals surface area contributed by atoms with Crippen molar-refractivity contribution in [1.82, 2.24) is 25.3 Å². The Labute approximate surface area is 198 Å². The molecule has 0 bridgehead atoms. The van der Waals surface area contributed by atoms with Crippen LogP contribution in [0.25, 0.3) is 27.6 Å². The lowest BCUT2D eigenvalue weighted by Gasteiger charge is -2.35. The molecule has 1 unspecified atom stereocenters. The van der Waals surface area contributed by atoms with E-state index >= 15 is 0 Å². The number of pyridine rings is 2. The van der Waals surface area contributed by atoms with Gasteiger partial charge in [-0.15, -0.1) is 0 Å². The van der Waals surface area contributed by atoms with E-state index in [-0.39, 0.29) is 11.0 Å². The number of nitrogens with one attached hydrogen (secondary N) is 3. The lowest BCUT2D eigenvalue weighted by atomic mass is 9.80. The smallest absolute Gasteiger partial charge is 0.259 e. The van der Waals surface area contributed by atoms with Crippen LogP contribution in [0.3, 0.4) is 0 Å². The Morgan fingerprint density at radius 2 is 1.79 bits per heavy atom. The first kappa shape index (κ1) is 22.0. The van der Waals surface area contributed by atoms with Crippen LogP contribution in [0.1, 0.15) is 32.8 Å².